The average molecular weight is 418 g/mol. The molecule has 0 heterocycles. The second-order valence-corrected chi connectivity index (χ2v) is 10.7. The number of aryl methyl sites for hydroxylation is 1. The van der Waals surface area contributed by atoms with Gasteiger partial charge in [-0.3, -0.25) is 4.57 Å². The molecule has 0 bridgehead atoms. The molecule has 0 radical (unpaired) electrons. The number of hydrogen-bond acceptors (Lipinski definition) is 4. The number of hydrogen-bond donors (Lipinski definition) is 2. The minimum absolute atomic E-state index is 0.289. The zero-order valence-electron chi connectivity index (χ0n) is 17.2. The van der Waals surface area contributed by atoms with E-state index in [1.165, 1.54) is 6.66 Å². The molecule has 0 saturated heterocycles. The van der Waals surface area contributed by atoms with Gasteiger partial charge in [0.25, 0.3) is 0 Å². The van der Waals surface area contributed by atoms with Gasteiger partial charge in [-0.25, -0.2) is 0 Å². The minimum atomic E-state index is -2.99. The molecule has 1 saturated carbocycles. The number of ether oxygens (including phenoxy) is 2. The highest BCUT2D eigenvalue weighted by Crippen LogP contribution is 2.41. The molecule has 0 aromatic heterocycles. The van der Waals surface area contributed by atoms with E-state index < -0.39 is 7.37 Å². The van der Waals surface area contributed by atoms with Crippen molar-refractivity contribution in [1.82, 2.24) is 0 Å². The van der Waals surface area contributed by atoms with Gasteiger partial charge in [-0.1, -0.05) is 12.1 Å². The summed E-state index contributed by atoms with van der Waals surface area (Å²) < 4.78 is 22.8. The number of rotatable bonds is 8. The maximum absolute atomic E-state index is 11.5. The van der Waals surface area contributed by atoms with E-state index >= 15 is 0 Å². The van der Waals surface area contributed by atoms with Crippen LogP contribution in [0.4, 0.5) is 0 Å². The minimum Gasteiger partial charge on any atom is -0.508 e. The highest BCUT2D eigenvalue weighted by Gasteiger charge is 2.25. The van der Waals surface area contributed by atoms with Crippen LogP contribution in [0.3, 0.4) is 0 Å². The average Bonchev–Trinajstić information content (AvgIpc) is 2.71. The molecule has 1 atom stereocenters. The topological polar surface area (TPSA) is 76.0 Å². The van der Waals surface area contributed by atoms with E-state index in [1.807, 2.05) is 30.3 Å². The van der Waals surface area contributed by atoms with Gasteiger partial charge in [-0.15, -0.1) is 0 Å². The summed E-state index contributed by atoms with van der Waals surface area (Å²) in [4.78, 5) is 9.47. The molecule has 1 aliphatic rings. The molecule has 2 aromatic rings. The van der Waals surface area contributed by atoms with Gasteiger partial charge in [0.05, 0.1) is 13.7 Å². The molecule has 6 heteroatoms. The predicted molar refractivity (Wildman–Crippen MR) is 116 cm³/mol. The largest absolute Gasteiger partial charge is 0.508 e. The molecule has 1 aliphatic carbocycles. The normalized spacial score (nSPS) is 21.3. The van der Waals surface area contributed by atoms with Crippen LogP contribution < -0.4 is 9.47 Å². The Labute approximate surface area is 173 Å². The summed E-state index contributed by atoms with van der Waals surface area (Å²) in [6.45, 7) is 2.07. The lowest BCUT2D eigenvalue weighted by molar-refractivity contribution is 0.199. The maximum Gasteiger partial charge on any atom is 0.197 e. The summed E-state index contributed by atoms with van der Waals surface area (Å²) in [6.07, 6.45) is 5.04. The molecule has 0 aliphatic heterocycles. The lowest BCUT2D eigenvalue weighted by atomic mass is 9.78. The van der Waals surface area contributed by atoms with Gasteiger partial charge in [0.1, 0.15) is 17.2 Å². The van der Waals surface area contributed by atoms with Crippen molar-refractivity contribution in [2.24, 2.45) is 5.92 Å². The molecule has 2 aromatic carbocycles. The van der Waals surface area contributed by atoms with Crippen molar-refractivity contribution in [3.05, 3.63) is 53.6 Å². The lowest BCUT2D eigenvalue weighted by Gasteiger charge is -2.29. The number of methoxy groups -OCH3 is 1. The van der Waals surface area contributed by atoms with E-state index in [2.05, 4.69) is 0 Å². The van der Waals surface area contributed by atoms with Crippen molar-refractivity contribution in [3.8, 4) is 17.2 Å². The Morgan fingerprint density at radius 3 is 2.52 bits per heavy atom. The van der Waals surface area contributed by atoms with E-state index in [0.29, 0.717) is 30.6 Å². The first-order valence-corrected chi connectivity index (χ1v) is 12.5. The van der Waals surface area contributed by atoms with Crippen molar-refractivity contribution >= 4 is 7.37 Å². The van der Waals surface area contributed by atoms with Crippen LogP contribution in [0.5, 0.6) is 17.2 Å². The molecule has 0 amide bonds. The summed E-state index contributed by atoms with van der Waals surface area (Å²) in [5.74, 6) is 2.80. The summed E-state index contributed by atoms with van der Waals surface area (Å²) >= 11 is 0. The fourth-order valence-electron chi connectivity index (χ4n) is 3.97. The fourth-order valence-corrected chi connectivity index (χ4v) is 4.64. The quantitative estimate of drug-likeness (QED) is 0.577. The van der Waals surface area contributed by atoms with Crippen LogP contribution in [-0.2, 0) is 11.0 Å². The van der Waals surface area contributed by atoms with Crippen molar-refractivity contribution in [2.75, 3.05) is 26.5 Å². The number of phenolic OH excluding ortho intramolecular Hbond substituents is 1. The van der Waals surface area contributed by atoms with Gasteiger partial charge in [-0.05, 0) is 79.8 Å². The zero-order valence-corrected chi connectivity index (χ0v) is 18.1. The van der Waals surface area contributed by atoms with Gasteiger partial charge in [0.15, 0.2) is 7.37 Å². The van der Waals surface area contributed by atoms with Gasteiger partial charge < -0.3 is 19.5 Å². The smallest absolute Gasteiger partial charge is 0.197 e. The molecular formula is C23H31O5P. The summed E-state index contributed by atoms with van der Waals surface area (Å²) in [7, 11) is -1.35. The number of aromatic hydroxyl groups is 1. The third-order valence-electron chi connectivity index (χ3n) is 5.72. The Bertz CT molecular complexity index is 852. The Balaban J connectivity index is 1.50. The van der Waals surface area contributed by atoms with E-state index in [-0.39, 0.29) is 6.16 Å². The monoisotopic (exact) mass is 418 g/mol. The van der Waals surface area contributed by atoms with E-state index in [4.69, 9.17) is 9.47 Å². The molecular weight excluding hydrogens is 387 g/mol. The van der Waals surface area contributed by atoms with Crippen molar-refractivity contribution in [3.63, 3.8) is 0 Å². The van der Waals surface area contributed by atoms with Crippen LogP contribution in [0.2, 0.25) is 0 Å². The Kier molecular flexibility index (Phi) is 7.26. The Morgan fingerprint density at radius 1 is 1.07 bits per heavy atom. The highest BCUT2D eigenvalue weighted by atomic mass is 31.2. The van der Waals surface area contributed by atoms with E-state index in [1.54, 1.807) is 19.2 Å². The van der Waals surface area contributed by atoms with Gasteiger partial charge in [0, 0.05) is 18.4 Å². The van der Waals surface area contributed by atoms with Gasteiger partial charge in [0.2, 0.25) is 0 Å². The standard InChI is InChI=1S/C23H31O5P/c1-27-20-10-11-23(24)22(15-20)19-8-6-18(7-9-19)16-28-21-5-3-4-17(14-21)12-13-29(2,25)26/h3-5,10-11,14-15,18-19,24H,6-9,12-13,16H2,1-2H3,(H,25,26). The second kappa shape index (κ2) is 9.69. The molecule has 29 heavy (non-hydrogen) atoms. The molecule has 2 N–H and O–H groups in total. The van der Waals surface area contributed by atoms with Crippen LogP contribution in [-0.4, -0.2) is 36.5 Å². The van der Waals surface area contributed by atoms with Gasteiger partial charge >= 0.3 is 0 Å². The third-order valence-corrected chi connectivity index (χ3v) is 6.77. The SMILES string of the molecule is COc1ccc(O)c(C2CCC(COc3cccc(CCP(C)(=O)O)c3)CC2)c1. The first-order valence-electron chi connectivity index (χ1n) is 10.2. The van der Waals surface area contributed by atoms with Crippen molar-refractivity contribution < 1.29 is 24.0 Å². The molecule has 0 spiro atoms. The Morgan fingerprint density at radius 2 is 1.83 bits per heavy atom. The molecule has 1 unspecified atom stereocenters. The molecule has 5 nitrogen and oxygen atoms in total. The van der Waals surface area contributed by atoms with Gasteiger partial charge in [-0.2, -0.15) is 0 Å². The second-order valence-electron chi connectivity index (χ2n) is 8.13. The predicted octanol–water partition coefficient (Wildman–Crippen LogP) is 5.20. The van der Waals surface area contributed by atoms with Crippen LogP contribution in [0.1, 0.15) is 42.7 Å². The van der Waals surface area contributed by atoms with Crippen LogP contribution in [0.15, 0.2) is 42.5 Å². The van der Waals surface area contributed by atoms with Crippen molar-refractivity contribution in [1.29, 1.82) is 0 Å². The molecule has 158 valence electrons. The summed E-state index contributed by atoms with van der Waals surface area (Å²) in [5.41, 5.74) is 2.00. The van der Waals surface area contributed by atoms with E-state index in [9.17, 15) is 14.6 Å². The molecule has 3 rings (SSSR count). The fraction of sp³-hybridized carbons (Fsp3) is 0.478. The first-order chi connectivity index (χ1) is 13.8. The zero-order chi connectivity index (χ0) is 20.9. The van der Waals surface area contributed by atoms with Crippen LogP contribution in [0.25, 0.3) is 0 Å². The highest BCUT2D eigenvalue weighted by molar-refractivity contribution is 7.57. The van der Waals surface area contributed by atoms with Crippen LogP contribution >= 0.6 is 7.37 Å². The third kappa shape index (κ3) is 6.52. The summed E-state index contributed by atoms with van der Waals surface area (Å²) in [6, 6.07) is 13.3. The first kappa shape index (κ1) is 21.7. The van der Waals surface area contributed by atoms with Crippen molar-refractivity contribution in [2.45, 2.75) is 38.0 Å². The molecule has 1 fully saturated rings. The van der Waals surface area contributed by atoms with Crippen LogP contribution in [0, 0.1) is 5.92 Å². The number of benzene rings is 2. The maximum atomic E-state index is 11.5. The lowest BCUT2D eigenvalue weighted by Crippen LogP contribution is -2.19. The number of phenols is 1. The Hall–Kier alpha value is -1.97. The summed E-state index contributed by atoms with van der Waals surface area (Å²) in [5, 5.41) is 10.2. The van der Waals surface area contributed by atoms with E-state index in [0.717, 1.165) is 48.3 Å².